The predicted molar refractivity (Wildman–Crippen MR) is 109 cm³/mol. The summed E-state index contributed by atoms with van der Waals surface area (Å²) in [5.74, 6) is 0.348. The van der Waals surface area contributed by atoms with Gasteiger partial charge in [-0.15, -0.1) is 0 Å². The van der Waals surface area contributed by atoms with Gasteiger partial charge in [0.05, 0.1) is 18.8 Å². The van der Waals surface area contributed by atoms with E-state index in [4.69, 9.17) is 13.9 Å². The number of carbonyl (C=O) groups excluding carboxylic acids is 2. The molecule has 0 bridgehead atoms. The molecular weight excluding hydrogens is 386 g/mol. The minimum atomic E-state index is -0.273. The van der Waals surface area contributed by atoms with Crippen molar-refractivity contribution in [1.29, 1.82) is 0 Å². The van der Waals surface area contributed by atoms with Gasteiger partial charge in [0.25, 0.3) is 5.91 Å². The third-order valence-corrected chi connectivity index (χ3v) is 6.34. The fourth-order valence-corrected chi connectivity index (χ4v) is 4.63. The normalized spacial score (nSPS) is 24.8. The zero-order chi connectivity index (χ0) is 20.8. The van der Waals surface area contributed by atoms with Crippen molar-refractivity contribution in [2.24, 2.45) is 5.92 Å². The predicted octanol–water partition coefficient (Wildman–Crippen LogP) is 2.67. The average molecular weight is 420 g/mol. The molecule has 8 heteroatoms. The van der Waals surface area contributed by atoms with Crippen molar-refractivity contribution in [2.75, 3.05) is 26.3 Å². The van der Waals surface area contributed by atoms with Crippen molar-refractivity contribution in [1.82, 2.24) is 15.2 Å². The number of amides is 2. The van der Waals surface area contributed by atoms with Crippen LogP contribution in [-0.4, -0.2) is 60.2 Å². The smallest absolute Gasteiger partial charge is 0.273 e. The molecule has 1 saturated carbocycles. The van der Waals surface area contributed by atoms with E-state index in [0.717, 1.165) is 64.6 Å². The van der Waals surface area contributed by atoms with Crippen molar-refractivity contribution in [2.45, 2.75) is 76.5 Å². The Labute approximate surface area is 177 Å². The molecule has 1 aliphatic carbocycles. The minimum Gasteiger partial charge on any atom is -0.446 e. The number of ether oxygens (including phenoxy) is 2. The van der Waals surface area contributed by atoms with Crippen LogP contribution < -0.4 is 5.32 Å². The van der Waals surface area contributed by atoms with Gasteiger partial charge in [-0.25, -0.2) is 4.98 Å². The highest BCUT2D eigenvalue weighted by Crippen LogP contribution is 2.27. The number of carbonyl (C=O) groups is 2. The van der Waals surface area contributed by atoms with Crippen molar-refractivity contribution in [3.8, 4) is 0 Å². The number of oxazole rings is 1. The second kappa shape index (κ2) is 10.4. The molecule has 2 aliphatic heterocycles. The van der Waals surface area contributed by atoms with Crippen LogP contribution in [0.5, 0.6) is 0 Å². The van der Waals surface area contributed by atoms with E-state index in [2.05, 4.69) is 10.3 Å². The first-order chi connectivity index (χ1) is 14.7. The molecule has 4 rings (SSSR count). The molecule has 1 aromatic heterocycles. The maximum absolute atomic E-state index is 13.2. The zero-order valence-corrected chi connectivity index (χ0v) is 17.6. The van der Waals surface area contributed by atoms with Crippen LogP contribution in [0, 0.1) is 5.92 Å². The number of nitrogens with zero attached hydrogens (tertiary/aromatic N) is 2. The third kappa shape index (κ3) is 5.60. The number of hydrogen-bond donors (Lipinski definition) is 1. The quantitative estimate of drug-likeness (QED) is 0.696. The Kier molecular flexibility index (Phi) is 7.38. The molecule has 0 aromatic carbocycles. The van der Waals surface area contributed by atoms with E-state index in [9.17, 15) is 9.59 Å². The highest BCUT2D eigenvalue weighted by molar-refractivity contribution is 5.91. The molecule has 0 spiro atoms. The van der Waals surface area contributed by atoms with Crippen LogP contribution in [0.25, 0.3) is 0 Å². The molecule has 3 heterocycles. The highest BCUT2D eigenvalue weighted by Gasteiger charge is 2.30. The topological polar surface area (TPSA) is 93.9 Å². The molecule has 2 saturated heterocycles. The maximum atomic E-state index is 13.2. The van der Waals surface area contributed by atoms with Crippen LogP contribution in [0.2, 0.25) is 0 Å². The Morgan fingerprint density at radius 2 is 1.73 bits per heavy atom. The van der Waals surface area contributed by atoms with Gasteiger partial charge in [-0.2, -0.15) is 0 Å². The fraction of sp³-hybridized carbons (Fsp3) is 0.773. The van der Waals surface area contributed by atoms with Crippen molar-refractivity contribution in [3.63, 3.8) is 0 Å². The second-order valence-corrected chi connectivity index (χ2v) is 8.66. The Hall–Kier alpha value is -1.93. The van der Waals surface area contributed by atoms with Crippen LogP contribution in [0.4, 0.5) is 0 Å². The molecule has 30 heavy (non-hydrogen) atoms. The summed E-state index contributed by atoms with van der Waals surface area (Å²) in [4.78, 5) is 31.7. The Morgan fingerprint density at radius 1 is 1.00 bits per heavy atom. The lowest BCUT2D eigenvalue weighted by Crippen LogP contribution is -2.41. The van der Waals surface area contributed by atoms with E-state index in [1.54, 1.807) is 0 Å². The first-order valence-corrected chi connectivity index (χ1v) is 11.4. The molecule has 2 atom stereocenters. The standard InChI is InChI=1S/C22H33N3O5/c26-21(23-12-17-8-4-10-28-17)19-15-30-20(24-19)14-25(13-18-9-5-11-29-18)22(27)16-6-2-1-3-7-16/h15-18H,1-14H2,(H,23,26). The van der Waals surface area contributed by atoms with Gasteiger partial charge < -0.3 is 24.1 Å². The summed E-state index contributed by atoms with van der Waals surface area (Å²) in [6, 6.07) is 0. The molecule has 8 nitrogen and oxygen atoms in total. The van der Waals surface area contributed by atoms with E-state index in [-0.39, 0.29) is 42.2 Å². The number of rotatable bonds is 8. The van der Waals surface area contributed by atoms with Gasteiger partial charge in [-0.1, -0.05) is 19.3 Å². The third-order valence-electron chi connectivity index (χ3n) is 6.34. The zero-order valence-electron chi connectivity index (χ0n) is 17.6. The molecular formula is C22H33N3O5. The Bertz CT molecular complexity index is 703. The Morgan fingerprint density at radius 3 is 2.43 bits per heavy atom. The largest absolute Gasteiger partial charge is 0.446 e. The van der Waals surface area contributed by atoms with E-state index in [1.807, 2.05) is 4.90 Å². The van der Waals surface area contributed by atoms with Gasteiger partial charge in [0.1, 0.15) is 6.26 Å². The van der Waals surface area contributed by atoms with Gasteiger partial charge in [0.2, 0.25) is 11.8 Å². The average Bonchev–Trinajstić information content (AvgIpc) is 3.55. The molecule has 3 aliphatic rings. The van der Waals surface area contributed by atoms with Crippen LogP contribution in [-0.2, 0) is 20.8 Å². The van der Waals surface area contributed by atoms with Gasteiger partial charge in [0, 0.05) is 32.2 Å². The second-order valence-electron chi connectivity index (χ2n) is 8.66. The summed E-state index contributed by atoms with van der Waals surface area (Å²) < 4.78 is 16.8. The first-order valence-electron chi connectivity index (χ1n) is 11.4. The van der Waals surface area contributed by atoms with E-state index < -0.39 is 0 Å². The van der Waals surface area contributed by atoms with E-state index in [0.29, 0.717) is 19.0 Å². The molecule has 2 amide bonds. The van der Waals surface area contributed by atoms with Crippen LogP contribution in [0.3, 0.4) is 0 Å². The monoisotopic (exact) mass is 419 g/mol. The van der Waals surface area contributed by atoms with Crippen LogP contribution >= 0.6 is 0 Å². The summed E-state index contributed by atoms with van der Waals surface area (Å²) in [6.45, 7) is 2.81. The highest BCUT2D eigenvalue weighted by atomic mass is 16.5. The van der Waals surface area contributed by atoms with Crippen molar-refractivity contribution in [3.05, 3.63) is 17.8 Å². The van der Waals surface area contributed by atoms with Crippen LogP contribution in [0.1, 0.15) is 74.2 Å². The molecule has 2 unspecified atom stereocenters. The summed E-state index contributed by atoms with van der Waals surface area (Å²) in [6.07, 6.45) is 10.8. The number of aromatic nitrogens is 1. The summed E-state index contributed by atoms with van der Waals surface area (Å²) in [7, 11) is 0. The molecule has 1 N–H and O–H groups in total. The summed E-state index contributed by atoms with van der Waals surface area (Å²) in [5.41, 5.74) is 0.241. The van der Waals surface area contributed by atoms with Gasteiger partial charge >= 0.3 is 0 Å². The van der Waals surface area contributed by atoms with Gasteiger partial charge in [-0.05, 0) is 38.5 Å². The molecule has 0 radical (unpaired) electrons. The summed E-state index contributed by atoms with van der Waals surface area (Å²) >= 11 is 0. The van der Waals surface area contributed by atoms with Crippen molar-refractivity contribution < 1.29 is 23.5 Å². The van der Waals surface area contributed by atoms with E-state index >= 15 is 0 Å². The lowest BCUT2D eigenvalue weighted by Gasteiger charge is -2.30. The van der Waals surface area contributed by atoms with Gasteiger partial charge in [-0.3, -0.25) is 9.59 Å². The lowest BCUT2D eigenvalue weighted by molar-refractivity contribution is -0.139. The molecule has 166 valence electrons. The number of hydrogen-bond acceptors (Lipinski definition) is 6. The fourth-order valence-electron chi connectivity index (χ4n) is 4.63. The first kappa shape index (κ1) is 21.3. The van der Waals surface area contributed by atoms with E-state index in [1.165, 1.54) is 12.7 Å². The van der Waals surface area contributed by atoms with Crippen LogP contribution in [0.15, 0.2) is 10.7 Å². The van der Waals surface area contributed by atoms with Gasteiger partial charge in [0.15, 0.2) is 5.69 Å². The maximum Gasteiger partial charge on any atom is 0.273 e. The minimum absolute atomic E-state index is 0.0710. The summed E-state index contributed by atoms with van der Waals surface area (Å²) in [5, 5.41) is 2.85. The lowest BCUT2D eigenvalue weighted by atomic mass is 9.88. The van der Waals surface area contributed by atoms with Crippen molar-refractivity contribution >= 4 is 11.8 Å². The SMILES string of the molecule is O=C(NCC1CCCO1)c1coc(CN(CC2CCCO2)C(=O)C2CCCCC2)n1. The number of nitrogens with one attached hydrogen (secondary N) is 1. The molecule has 3 fully saturated rings. The molecule has 1 aromatic rings. The Balaban J connectivity index is 1.36.